The molecular weight excluding hydrogens is 384 g/mol. The molecule has 3 heteroatoms. The van der Waals surface area contributed by atoms with Gasteiger partial charge in [0.05, 0.1) is 17.8 Å². The summed E-state index contributed by atoms with van der Waals surface area (Å²) in [5, 5.41) is 30.4. The molecule has 174 valence electrons. The standard InChI is InChI=1S/C28H44O3/c1-18(9-10-19(2)27(4,5)31)24-13-14-25-21(8-7-15-28(24,25)6)11-12-22-16-23(29)17-26(30)20(22)3/h9-12,18-19,23-26,29-31H,3,7-8,13-17H2,1-2,4-6H3/b10-9+,21-11+,22-12+/t18-,19+,23-,24-,25-,26+,28-/m1/s1. The van der Waals surface area contributed by atoms with Crippen molar-refractivity contribution < 1.29 is 15.3 Å². The molecule has 0 amide bonds. The highest BCUT2D eigenvalue weighted by Gasteiger charge is 2.50. The summed E-state index contributed by atoms with van der Waals surface area (Å²) in [6.07, 6.45) is 15.0. The minimum atomic E-state index is -0.684. The van der Waals surface area contributed by atoms with Crippen LogP contribution in [-0.2, 0) is 0 Å². The fourth-order valence-electron chi connectivity index (χ4n) is 6.32. The molecular formula is C28H44O3. The Morgan fingerprint density at radius 3 is 2.52 bits per heavy atom. The van der Waals surface area contributed by atoms with Gasteiger partial charge >= 0.3 is 0 Å². The number of allylic oxidation sites excluding steroid dienone is 4. The number of hydrogen-bond donors (Lipinski definition) is 3. The zero-order valence-corrected chi connectivity index (χ0v) is 20.3. The molecule has 3 N–H and O–H groups in total. The SMILES string of the molecule is C=C1/C(=C/C=C2\CCC[C@@]3(C)[C@@H]2CC[C@@H]3[C@H](C)/C=C/[C@H](C)C(C)(C)O)C[C@@H](O)C[C@@H]1O. The summed E-state index contributed by atoms with van der Waals surface area (Å²) < 4.78 is 0. The van der Waals surface area contributed by atoms with Gasteiger partial charge in [0, 0.05) is 12.3 Å². The van der Waals surface area contributed by atoms with Crippen molar-refractivity contribution in [2.24, 2.45) is 29.1 Å². The predicted molar refractivity (Wildman–Crippen MR) is 128 cm³/mol. The maximum absolute atomic E-state index is 10.3. The predicted octanol–water partition coefficient (Wildman–Crippen LogP) is 5.73. The van der Waals surface area contributed by atoms with E-state index in [1.807, 2.05) is 13.8 Å². The summed E-state index contributed by atoms with van der Waals surface area (Å²) in [4.78, 5) is 0. The third kappa shape index (κ3) is 5.26. The quantitative estimate of drug-likeness (QED) is 0.490. The van der Waals surface area contributed by atoms with Crippen molar-refractivity contribution in [3.05, 3.63) is 47.6 Å². The van der Waals surface area contributed by atoms with E-state index in [-0.39, 0.29) is 5.92 Å². The summed E-state index contributed by atoms with van der Waals surface area (Å²) in [7, 11) is 0. The van der Waals surface area contributed by atoms with E-state index in [1.165, 1.54) is 31.3 Å². The summed E-state index contributed by atoms with van der Waals surface area (Å²) in [5.41, 5.74) is 2.93. The lowest BCUT2D eigenvalue weighted by Crippen LogP contribution is -2.35. The lowest BCUT2D eigenvalue weighted by molar-refractivity contribution is 0.0436. The molecule has 0 spiro atoms. The topological polar surface area (TPSA) is 60.7 Å². The van der Waals surface area contributed by atoms with Crippen LogP contribution in [0.25, 0.3) is 0 Å². The Hall–Kier alpha value is -1.16. The lowest BCUT2D eigenvalue weighted by atomic mass is 9.61. The van der Waals surface area contributed by atoms with Gasteiger partial charge in [-0.15, -0.1) is 0 Å². The molecule has 3 saturated carbocycles. The van der Waals surface area contributed by atoms with Crippen molar-refractivity contribution in [3.8, 4) is 0 Å². The van der Waals surface area contributed by atoms with Crippen LogP contribution in [0, 0.1) is 29.1 Å². The van der Waals surface area contributed by atoms with Crippen LogP contribution >= 0.6 is 0 Å². The number of hydrogen-bond acceptors (Lipinski definition) is 3. The van der Waals surface area contributed by atoms with Crippen molar-refractivity contribution >= 4 is 0 Å². The third-order valence-electron chi connectivity index (χ3n) is 8.75. The molecule has 3 rings (SSSR count). The van der Waals surface area contributed by atoms with E-state index in [0.717, 1.165) is 17.6 Å². The lowest BCUT2D eigenvalue weighted by Gasteiger charge is -2.44. The van der Waals surface area contributed by atoms with Crippen molar-refractivity contribution in [1.29, 1.82) is 0 Å². The normalized spacial score (nSPS) is 39.3. The highest BCUT2D eigenvalue weighted by molar-refractivity contribution is 5.38. The first-order valence-corrected chi connectivity index (χ1v) is 12.3. The minimum Gasteiger partial charge on any atom is -0.393 e. The van der Waals surface area contributed by atoms with Crippen molar-refractivity contribution in [3.63, 3.8) is 0 Å². The second-order valence-electron chi connectivity index (χ2n) is 11.4. The number of fused-ring (bicyclic) bond motifs is 1. The first-order chi connectivity index (χ1) is 14.4. The molecule has 7 atom stereocenters. The summed E-state index contributed by atoms with van der Waals surface area (Å²) in [6.45, 7) is 14.7. The van der Waals surface area contributed by atoms with Crippen LogP contribution in [0.4, 0.5) is 0 Å². The zero-order chi connectivity index (χ0) is 23.0. The van der Waals surface area contributed by atoms with Crippen molar-refractivity contribution in [1.82, 2.24) is 0 Å². The van der Waals surface area contributed by atoms with E-state index < -0.39 is 17.8 Å². The molecule has 3 fully saturated rings. The Kier molecular flexibility index (Phi) is 7.40. The molecule has 0 unspecified atom stereocenters. The molecule has 0 aromatic heterocycles. The van der Waals surface area contributed by atoms with Gasteiger partial charge in [-0.25, -0.2) is 0 Å². The highest BCUT2D eigenvalue weighted by Crippen LogP contribution is 2.59. The van der Waals surface area contributed by atoms with Gasteiger partial charge in [0.1, 0.15) is 0 Å². The average Bonchev–Trinajstić information content (AvgIpc) is 3.04. The van der Waals surface area contributed by atoms with E-state index in [0.29, 0.717) is 36.0 Å². The Bertz CT molecular complexity index is 753. The van der Waals surface area contributed by atoms with Gasteiger partial charge < -0.3 is 15.3 Å². The molecule has 3 aliphatic carbocycles. The number of rotatable bonds is 5. The molecule has 0 aliphatic heterocycles. The summed E-state index contributed by atoms with van der Waals surface area (Å²) >= 11 is 0. The van der Waals surface area contributed by atoms with Gasteiger partial charge in [0.2, 0.25) is 0 Å². The fraction of sp³-hybridized carbons (Fsp3) is 0.714. The average molecular weight is 429 g/mol. The largest absolute Gasteiger partial charge is 0.393 e. The van der Waals surface area contributed by atoms with E-state index in [4.69, 9.17) is 0 Å². The van der Waals surface area contributed by atoms with E-state index in [9.17, 15) is 15.3 Å². The van der Waals surface area contributed by atoms with E-state index >= 15 is 0 Å². The molecule has 0 aromatic carbocycles. The van der Waals surface area contributed by atoms with Crippen LogP contribution < -0.4 is 0 Å². The maximum Gasteiger partial charge on any atom is 0.0811 e. The molecule has 0 heterocycles. The highest BCUT2D eigenvalue weighted by atomic mass is 16.3. The minimum absolute atomic E-state index is 0.141. The maximum atomic E-state index is 10.3. The first kappa shape index (κ1) is 24.5. The van der Waals surface area contributed by atoms with Gasteiger partial charge in [0.25, 0.3) is 0 Å². The first-order valence-electron chi connectivity index (χ1n) is 12.3. The van der Waals surface area contributed by atoms with Gasteiger partial charge in [-0.05, 0) is 86.7 Å². The van der Waals surface area contributed by atoms with Crippen molar-refractivity contribution in [2.75, 3.05) is 0 Å². The molecule has 0 aromatic rings. The van der Waals surface area contributed by atoms with E-state index in [2.05, 4.69) is 51.7 Å². The van der Waals surface area contributed by atoms with Crippen molar-refractivity contribution in [2.45, 2.75) is 97.4 Å². The smallest absolute Gasteiger partial charge is 0.0811 e. The van der Waals surface area contributed by atoms with Crippen LogP contribution in [0.15, 0.2) is 47.6 Å². The Balaban J connectivity index is 1.76. The molecule has 0 radical (unpaired) electrons. The zero-order valence-electron chi connectivity index (χ0n) is 20.3. The number of aliphatic hydroxyl groups excluding tert-OH is 2. The van der Waals surface area contributed by atoms with Gasteiger partial charge in [-0.3, -0.25) is 0 Å². The molecule has 31 heavy (non-hydrogen) atoms. The van der Waals surface area contributed by atoms with E-state index in [1.54, 1.807) is 0 Å². The van der Waals surface area contributed by atoms with Crippen LogP contribution in [0.2, 0.25) is 0 Å². The van der Waals surface area contributed by atoms with Crippen LogP contribution in [-0.4, -0.2) is 33.1 Å². The molecule has 3 nitrogen and oxygen atoms in total. The number of aliphatic hydroxyl groups is 3. The molecule has 0 bridgehead atoms. The Labute approximate surface area is 189 Å². The Morgan fingerprint density at radius 1 is 1.13 bits per heavy atom. The van der Waals surface area contributed by atoms with Crippen LogP contribution in [0.5, 0.6) is 0 Å². The fourth-order valence-corrected chi connectivity index (χ4v) is 6.32. The van der Waals surface area contributed by atoms with Gasteiger partial charge in [-0.1, -0.05) is 57.2 Å². The van der Waals surface area contributed by atoms with Gasteiger partial charge in [-0.2, -0.15) is 0 Å². The molecule has 3 aliphatic rings. The monoisotopic (exact) mass is 428 g/mol. The third-order valence-corrected chi connectivity index (χ3v) is 8.75. The second kappa shape index (κ2) is 9.37. The molecule has 0 saturated heterocycles. The summed E-state index contributed by atoms with van der Waals surface area (Å²) in [6, 6.07) is 0. The Morgan fingerprint density at radius 2 is 1.84 bits per heavy atom. The van der Waals surface area contributed by atoms with Gasteiger partial charge in [0.15, 0.2) is 0 Å². The second-order valence-corrected chi connectivity index (χ2v) is 11.4. The van der Waals surface area contributed by atoms with Crippen LogP contribution in [0.3, 0.4) is 0 Å². The summed E-state index contributed by atoms with van der Waals surface area (Å²) in [5.74, 6) is 1.91. The van der Waals surface area contributed by atoms with Crippen LogP contribution in [0.1, 0.15) is 79.6 Å².